The number of hydrogen-bond donors (Lipinski definition) is 3. The number of nitrogens with zero attached hydrogens (tertiary/aromatic N) is 2. The van der Waals surface area contributed by atoms with E-state index in [1.54, 1.807) is 42.5 Å². The van der Waals surface area contributed by atoms with E-state index in [1.807, 2.05) is 18.2 Å². The first-order chi connectivity index (χ1) is 17.4. The lowest BCUT2D eigenvalue weighted by atomic mass is 9.94. The predicted molar refractivity (Wildman–Crippen MR) is 142 cm³/mol. The Kier molecular flexibility index (Phi) is 6.85. The summed E-state index contributed by atoms with van der Waals surface area (Å²) in [6.07, 6.45) is 5.64. The molecule has 1 amide bonds. The van der Waals surface area contributed by atoms with Gasteiger partial charge in [0.05, 0.1) is 32.3 Å². The summed E-state index contributed by atoms with van der Waals surface area (Å²) >= 11 is 12.0. The highest BCUT2D eigenvalue weighted by Gasteiger charge is 2.23. The number of aromatic nitrogens is 2. The van der Waals surface area contributed by atoms with Crippen LogP contribution in [0, 0.1) is 0 Å². The molecule has 0 unspecified atom stereocenters. The second kappa shape index (κ2) is 10.2. The summed E-state index contributed by atoms with van der Waals surface area (Å²) in [5.74, 6) is -0.504. The molecule has 0 radical (unpaired) electrons. The van der Waals surface area contributed by atoms with Crippen molar-refractivity contribution < 1.29 is 14.7 Å². The van der Waals surface area contributed by atoms with Gasteiger partial charge in [-0.3, -0.25) is 15.6 Å². The summed E-state index contributed by atoms with van der Waals surface area (Å²) in [5, 5.41) is 10.2. The zero-order valence-electron chi connectivity index (χ0n) is 19.3. The molecular formula is C27H24Cl2N4O3. The molecule has 0 aliphatic heterocycles. The predicted octanol–water partition coefficient (Wildman–Crippen LogP) is 6.97. The maximum atomic E-state index is 12.7. The molecular weight excluding hydrogens is 499 g/mol. The van der Waals surface area contributed by atoms with E-state index in [9.17, 15) is 14.7 Å². The van der Waals surface area contributed by atoms with Crippen molar-refractivity contribution in [2.24, 2.45) is 0 Å². The van der Waals surface area contributed by atoms with Crippen LogP contribution in [-0.4, -0.2) is 26.5 Å². The molecule has 3 aromatic carbocycles. The summed E-state index contributed by atoms with van der Waals surface area (Å²) in [5.41, 5.74) is 9.23. The number of rotatable bonds is 6. The smallest absolute Gasteiger partial charge is 0.335 e. The fraction of sp³-hybridized carbons (Fsp3) is 0.222. The Morgan fingerprint density at radius 3 is 2.31 bits per heavy atom. The number of hydrazine groups is 1. The zero-order valence-corrected chi connectivity index (χ0v) is 20.8. The van der Waals surface area contributed by atoms with Gasteiger partial charge >= 0.3 is 5.97 Å². The number of carboxylic acid groups (broad SMARTS) is 1. The molecule has 1 heterocycles. The van der Waals surface area contributed by atoms with Crippen LogP contribution in [0.5, 0.6) is 0 Å². The molecule has 1 aliphatic carbocycles. The number of hydrogen-bond acceptors (Lipinski definition) is 4. The third-order valence-corrected chi connectivity index (χ3v) is 7.26. The van der Waals surface area contributed by atoms with Crippen molar-refractivity contribution in [3.8, 4) is 11.4 Å². The van der Waals surface area contributed by atoms with E-state index < -0.39 is 5.97 Å². The Morgan fingerprint density at radius 2 is 1.61 bits per heavy atom. The van der Waals surface area contributed by atoms with Crippen LogP contribution < -0.4 is 10.9 Å². The number of benzene rings is 3. The van der Waals surface area contributed by atoms with E-state index in [0.717, 1.165) is 42.6 Å². The lowest BCUT2D eigenvalue weighted by Gasteiger charge is -2.25. The summed E-state index contributed by atoms with van der Waals surface area (Å²) < 4.78 is 2.24. The van der Waals surface area contributed by atoms with Crippen LogP contribution in [0.4, 0.5) is 5.69 Å². The second-order valence-corrected chi connectivity index (χ2v) is 9.71. The average molecular weight is 523 g/mol. The minimum Gasteiger partial charge on any atom is -0.478 e. The molecule has 7 nitrogen and oxygen atoms in total. The van der Waals surface area contributed by atoms with Crippen LogP contribution in [-0.2, 0) is 0 Å². The summed E-state index contributed by atoms with van der Waals surface area (Å²) in [7, 11) is 0. The van der Waals surface area contributed by atoms with Gasteiger partial charge < -0.3 is 9.67 Å². The molecule has 4 aromatic rings. The third kappa shape index (κ3) is 4.90. The van der Waals surface area contributed by atoms with Crippen LogP contribution in [0.1, 0.15) is 58.9 Å². The Morgan fingerprint density at radius 1 is 0.889 bits per heavy atom. The Hall–Kier alpha value is -3.55. The topological polar surface area (TPSA) is 96.2 Å². The van der Waals surface area contributed by atoms with Crippen LogP contribution in [0.25, 0.3) is 22.4 Å². The van der Waals surface area contributed by atoms with Gasteiger partial charge in [0.1, 0.15) is 5.82 Å². The maximum Gasteiger partial charge on any atom is 0.335 e. The molecule has 0 bridgehead atoms. The van der Waals surface area contributed by atoms with Gasteiger partial charge in [-0.1, -0.05) is 54.6 Å². The molecule has 36 heavy (non-hydrogen) atoms. The van der Waals surface area contributed by atoms with Gasteiger partial charge in [0.2, 0.25) is 0 Å². The Labute approximate surface area is 218 Å². The fourth-order valence-electron chi connectivity index (χ4n) is 4.69. The normalized spacial score (nSPS) is 14.1. The van der Waals surface area contributed by atoms with Crippen molar-refractivity contribution in [2.45, 2.75) is 38.1 Å². The number of amides is 1. The highest BCUT2D eigenvalue weighted by Crippen LogP contribution is 2.36. The Bertz CT molecular complexity index is 1440. The molecule has 9 heteroatoms. The minimum absolute atomic E-state index is 0.212. The quantitative estimate of drug-likeness (QED) is 0.237. The Balaban J connectivity index is 1.42. The van der Waals surface area contributed by atoms with Crippen molar-refractivity contribution in [1.82, 2.24) is 15.0 Å². The molecule has 0 atom stereocenters. The summed E-state index contributed by atoms with van der Waals surface area (Å²) in [6, 6.07) is 17.6. The fourth-order valence-corrected chi connectivity index (χ4v) is 4.99. The van der Waals surface area contributed by atoms with E-state index in [4.69, 9.17) is 28.2 Å². The standard InChI is InChI=1S/C27H24Cl2N4O3/c28-21-12-11-19(15-22(21)29)31-32-26(34)17-8-6-16(7-9-17)25-30-23-14-18(27(35)36)10-13-24(23)33(25)20-4-2-1-3-5-20/h6-15,20,31H,1-5H2,(H,32,34)(H,35,36). The van der Waals surface area contributed by atoms with Crippen molar-refractivity contribution in [3.63, 3.8) is 0 Å². The minimum atomic E-state index is -0.976. The van der Waals surface area contributed by atoms with Gasteiger partial charge in [0.15, 0.2) is 0 Å². The van der Waals surface area contributed by atoms with Gasteiger partial charge in [-0.25, -0.2) is 9.78 Å². The molecule has 184 valence electrons. The van der Waals surface area contributed by atoms with E-state index >= 15 is 0 Å². The molecule has 5 rings (SSSR count). The van der Waals surface area contributed by atoms with Gasteiger partial charge in [-0.15, -0.1) is 0 Å². The lowest BCUT2D eigenvalue weighted by molar-refractivity contribution is 0.0696. The number of fused-ring (bicyclic) bond motifs is 1. The first kappa shape index (κ1) is 24.2. The van der Waals surface area contributed by atoms with E-state index in [2.05, 4.69) is 15.4 Å². The highest BCUT2D eigenvalue weighted by atomic mass is 35.5. The number of carbonyl (C=O) groups excluding carboxylic acids is 1. The number of carbonyl (C=O) groups is 2. The zero-order chi connectivity index (χ0) is 25.2. The van der Waals surface area contributed by atoms with Crippen LogP contribution in [0.3, 0.4) is 0 Å². The number of imidazole rings is 1. The number of carboxylic acids is 1. The molecule has 1 aromatic heterocycles. The van der Waals surface area contributed by atoms with Crippen molar-refractivity contribution in [3.05, 3.63) is 81.8 Å². The molecule has 1 fully saturated rings. The number of aromatic carboxylic acids is 1. The van der Waals surface area contributed by atoms with Gasteiger partial charge in [-0.05, 0) is 61.4 Å². The van der Waals surface area contributed by atoms with Gasteiger partial charge in [0.25, 0.3) is 5.91 Å². The number of halogens is 2. The second-order valence-electron chi connectivity index (χ2n) is 8.89. The monoisotopic (exact) mass is 522 g/mol. The van der Waals surface area contributed by atoms with Crippen LogP contribution in [0.2, 0.25) is 10.0 Å². The number of nitrogens with one attached hydrogen (secondary N) is 2. The van der Waals surface area contributed by atoms with E-state index in [-0.39, 0.29) is 11.5 Å². The molecule has 0 saturated heterocycles. The van der Waals surface area contributed by atoms with Crippen molar-refractivity contribution in [1.29, 1.82) is 0 Å². The highest BCUT2D eigenvalue weighted by molar-refractivity contribution is 6.42. The molecule has 1 saturated carbocycles. The first-order valence-corrected chi connectivity index (χ1v) is 12.5. The SMILES string of the molecule is O=C(O)c1ccc2c(c1)nc(-c1ccc(C(=O)NNc3ccc(Cl)c(Cl)c3)cc1)n2C1CCCCC1. The lowest BCUT2D eigenvalue weighted by Crippen LogP contribution is -2.29. The molecule has 1 aliphatic rings. The maximum absolute atomic E-state index is 12.7. The summed E-state index contributed by atoms with van der Waals surface area (Å²) in [6.45, 7) is 0. The van der Waals surface area contributed by atoms with E-state index in [1.165, 1.54) is 6.42 Å². The van der Waals surface area contributed by atoms with Crippen LogP contribution in [0.15, 0.2) is 60.7 Å². The first-order valence-electron chi connectivity index (χ1n) is 11.8. The summed E-state index contributed by atoms with van der Waals surface area (Å²) in [4.78, 5) is 29.0. The van der Waals surface area contributed by atoms with Crippen LogP contribution >= 0.6 is 23.2 Å². The average Bonchev–Trinajstić information content (AvgIpc) is 3.28. The number of anilines is 1. The van der Waals surface area contributed by atoms with E-state index in [0.29, 0.717) is 32.9 Å². The molecule has 3 N–H and O–H groups in total. The third-order valence-electron chi connectivity index (χ3n) is 6.52. The molecule has 0 spiro atoms. The van der Waals surface area contributed by atoms with Crippen molar-refractivity contribution >= 4 is 51.8 Å². The van der Waals surface area contributed by atoms with Crippen molar-refractivity contribution in [2.75, 3.05) is 5.43 Å². The largest absolute Gasteiger partial charge is 0.478 e. The van der Waals surface area contributed by atoms with Gasteiger partial charge in [0, 0.05) is 17.2 Å². The van der Waals surface area contributed by atoms with Gasteiger partial charge in [-0.2, -0.15) is 0 Å².